The Hall–Kier alpha value is -0.0400. The second-order valence-corrected chi connectivity index (χ2v) is 8.33. The van der Waals surface area contributed by atoms with Crippen molar-refractivity contribution in [2.24, 2.45) is 34.5 Å². The van der Waals surface area contributed by atoms with Crippen LogP contribution >= 0.6 is 0 Å². The summed E-state index contributed by atoms with van der Waals surface area (Å²) in [5.74, 6) is 3.31. The number of aliphatic hydroxyl groups is 1. The highest BCUT2D eigenvalue weighted by atomic mass is 16.3. The van der Waals surface area contributed by atoms with Gasteiger partial charge in [0, 0.05) is 0 Å². The van der Waals surface area contributed by atoms with E-state index in [9.17, 15) is 5.11 Å². The van der Waals surface area contributed by atoms with Crippen molar-refractivity contribution in [2.45, 2.75) is 72.3 Å². The molecule has 1 nitrogen and oxygen atoms in total. The largest absolute Gasteiger partial charge is 0.393 e. The molecule has 0 spiro atoms. The molecule has 3 aliphatic rings. The van der Waals surface area contributed by atoms with E-state index in [4.69, 9.17) is 0 Å². The highest BCUT2D eigenvalue weighted by Gasteiger charge is 2.62. The lowest BCUT2D eigenvalue weighted by Crippen LogP contribution is -2.39. The normalized spacial score (nSPS) is 54.8. The lowest BCUT2D eigenvalue weighted by Gasteiger charge is -2.45. The van der Waals surface area contributed by atoms with E-state index in [-0.39, 0.29) is 6.10 Å². The number of hydrogen-bond donors (Lipinski definition) is 1. The Morgan fingerprint density at radius 2 is 1.72 bits per heavy atom. The second-order valence-electron chi connectivity index (χ2n) is 8.33. The van der Waals surface area contributed by atoms with Gasteiger partial charge in [0.2, 0.25) is 0 Å². The molecule has 0 saturated heterocycles. The molecule has 0 amide bonds. The molecule has 3 fully saturated rings. The highest BCUT2D eigenvalue weighted by Crippen LogP contribution is 2.70. The zero-order chi connectivity index (χ0) is 13.1. The molecule has 0 aliphatic heterocycles. The van der Waals surface area contributed by atoms with E-state index in [0.717, 1.165) is 24.2 Å². The maximum absolute atomic E-state index is 9.94. The first-order chi connectivity index (χ1) is 8.36. The van der Waals surface area contributed by atoms with E-state index in [1.165, 1.54) is 32.1 Å². The molecule has 3 aliphatic carbocycles. The monoisotopic (exact) mass is 250 g/mol. The van der Waals surface area contributed by atoms with Crippen LogP contribution in [0.4, 0.5) is 0 Å². The van der Waals surface area contributed by atoms with Crippen LogP contribution in [0.25, 0.3) is 0 Å². The Labute approximate surface area is 112 Å². The van der Waals surface area contributed by atoms with Crippen LogP contribution in [0.3, 0.4) is 0 Å². The summed E-state index contributed by atoms with van der Waals surface area (Å²) in [6.45, 7) is 9.86. The summed E-state index contributed by atoms with van der Waals surface area (Å²) in [6, 6.07) is 0. The molecule has 3 rings (SSSR count). The van der Waals surface area contributed by atoms with Crippen molar-refractivity contribution in [3.8, 4) is 0 Å². The first-order valence-electron chi connectivity index (χ1n) is 8.04. The van der Waals surface area contributed by atoms with Gasteiger partial charge >= 0.3 is 0 Å². The van der Waals surface area contributed by atoms with Gasteiger partial charge in [0.1, 0.15) is 0 Å². The number of hydrogen-bond acceptors (Lipinski definition) is 1. The van der Waals surface area contributed by atoms with Gasteiger partial charge in [-0.1, -0.05) is 27.7 Å². The van der Waals surface area contributed by atoms with Gasteiger partial charge in [-0.25, -0.2) is 0 Å². The van der Waals surface area contributed by atoms with E-state index >= 15 is 0 Å². The van der Waals surface area contributed by atoms with Gasteiger partial charge in [0.25, 0.3) is 0 Å². The predicted octanol–water partition coefficient (Wildman–Crippen LogP) is 4.25. The standard InChI is InChI=1S/C17H30O/c1-11-9-12(5-6-15(11)18)14-10-13-7-8-17(14,4)16(13,2)3/h11-15,18H,5-10H2,1-4H3/t11?,12?,13-,14+,15?,17+/m1/s1. The van der Waals surface area contributed by atoms with Gasteiger partial charge in [-0.05, 0) is 73.0 Å². The Bertz CT molecular complexity index is 335. The summed E-state index contributed by atoms with van der Waals surface area (Å²) in [5, 5.41) is 9.94. The van der Waals surface area contributed by atoms with Crippen molar-refractivity contribution < 1.29 is 5.11 Å². The minimum atomic E-state index is -0.0272. The smallest absolute Gasteiger partial charge is 0.0566 e. The molecule has 0 aromatic carbocycles. The molecule has 3 saturated carbocycles. The molecular formula is C17H30O. The quantitative estimate of drug-likeness (QED) is 0.738. The third-order valence-electron chi connectivity index (χ3n) is 7.60. The van der Waals surface area contributed by atoms with Gasteiger partial charge in [-0.3, -0.25) is 0 Å². The van der Waals surface area contributed by atoms with Gasteiger partial charge in [0.15, 0.2) is 0 Å². The first kappa shape index (κ1) is 13.0. The molecule has 0 aromatic rings. The van der Waals surface area contributed by atoms with Crippen LogP contribution in [-0.2, 0) is 0 Å². The topological polar surface area (TPSA) is 20.2 Å². The van der Waals surface area contributed by atoms with Crippen LogP contribution in [0.2, 0.25) is 0 Å². The molecule has 1 N–H and O–H groups in total. The van der Waals surface area contributed by atoms with Gasteiger partial charge in [0.05, 0.1) is 6.10 Å². The van der Waals surface area contributed by atoms with E-state index < -0.39 is 0 Å². The van der Waals surface area contributed by atoms with Crippen molar-refractivity contribution in [1.29, 1.82) is 0 Å². The fourth-order valence-electron chi connectivity index (χ4n) is 5.77. The molecule has 18 heavy (non-hydrogen) atoms. The zero-order valence-electron chi connectivity index (χ0n) is 12.6. The van der Waals surface area contributed by atoms with E-state index in [1.54, 1.807) is 0 Å². The van der Waals surface area contributed by atoms with E-state index in [2.05, 4.69) is 27.7 Å². The van der Waals surface area contributed by atoms with E-state index in [1.807, 2.05) is 0 Å². The molecule has 3 unspecified atom stereocenters. The summed E-state index contributed by atoms with van der Waals surface area (Å²) in [6.07, 6.45) is 7.94. The molecule has 0 heterocycles. The van der Waals surface area contributed by atoms with Crippen LogP contribution in [0.5, 0.6) is 0 Å². The summed E-state index contributed by atoms with van der Waals surface area (Å²) >= 11 is 0. The minimum Gasteiger partial charge on any atom is -0.393 e. The highest BCUT2D eigenvalue weighted by molar-refractivity contribution is 5.11. The molecule has 6 atom stereocenters. The third-order valence-corrected chi connectivity index (χ3v) is 7.60. The zero-order valence-corrected chi connectivity index (χ0v) is 12.6. The number of fused-ring (bicyclic) bond motifs is 2. The Kier molecular flexibility index (Phi) is 2.86. The summed E-state index contributed by atoms with van der Waals surface area (Å²) < 4.78 is 0. The fraction of sp³-hybridized carbons (Fsp3) is 1.00. The molecular weight excluding hydrogens is 220 g/mol. The second kappa shape index (κ2) is 3.98. The first-order valence-corrected chi connectivity index (χ1v) is 8.04. The van der Waals surface area contributed by atoms with Crippen LogP contribution in [0.1, 0.15) is 66.2 Å². The van der Waals surface area contributed by atoms with Crippen molar-refractivity contribution >= 4 is 0 Å². The molecule has 2 bridgehead atoms. The van der Waals surface area contributed by atoms with Gasteiger partial charge < -0.3 is 5.11 Å². The Morgan fingerprint density at radius 1 is 1.00 bits per heavy atom. The molecule has 0 radical (unpaired) electrons. The van der Waals surface area contributed by atoms with Crippen molar-refractivity contribution in [1.82, 2.24) is 0 Å². The Balaban J connectivity index is 1.79. The van der Waals surface area contributed by atoms with Gasteiger partial charge in [-0.15, -0.1) is 0 Å². The minimum absolute atomic E-state index is 0.0272. The lowest BCUT2D eigenvalue weighted by atomic mass is 9.60. The van der Waals surface area contributed by atoms with Crippen LogP contribution in [-0.4, -0.2) is 11.2 Å². The predicted molar refractivity (Wildman–Crippen MR) is 75.2 cm³/mol. The van der Waals surface area contributed by atoms with Crippen molar-refractivity contribution in [3.05, 3.63) is 0 Å². The molecule has 104 valence electrons. The summed E-state index contributed by atoms with van der Waals surface area (Å²) in [4.78, 5) is 0. The van der Waals surface area contributed by atoms with Gasteiger partial charge in [-0.2, -0.15) is 0 Å². The summed E-state index contributed by atoms with van der Waals surface area (Å²) in [5.41, 5.74) is 1.13. The SMILES string of the molecule is CC1CC([C@@H]2C[C@H]3CC[C@]2(C)C3(C)C)CCC1O. The number of aliphatic hydroxyl groups excluding tert-OH is 1. The number of rotatable bonds is 1. The van der Waals surface area contributed by atoms with Crippen LogP contribution in [0.15, 0.2) is 0 Å². The van der Waals surface area contributed by atoms with E-state index in [0.29, 0.717) is 16.7 Å². The molecule has 1 heteroatoms. The average Bonchev–Trinajstić information content (AvgIpc) is 2.65. The summed E-state index contributed by atoms with van der Waals surface area (Å²) in [7, 11) is 0. The van der Waals surface area contributed by atoms with Crippen molar-refractivity contribution in [2.75, 3.05) is 0 Å². The van der Waals surface area contributed by atoms with Crippen molar-refractivity contribution in [3.63, 3.8) is 0 Å². The average molecular weight is 250 g/mol. The van der Waals surface area contributed by atoms with Crippen LogP contribution in [0, 0.1) is 34.5 Å². The fourth-order valence-corrected chi connectivity index (χ4v) is 5.77. The van der Waals surface area contributed by atoms with Crippen LogP contribution < -0.4 is 0 Å². The molecule has 0 aromatic heterocycles. The maximum Gasteiger partial charge on any atom is 0.0566 e. The third kappa shape index (κ3) is 1.55. The Morgan fingerprint density at radius 3 is 2.22 bits per heavy atom. The maximum atomic E-state index is 9.94. The lowest BCUT2D eigenvalue weighted by molar-refractivity contribution is 0.000634.